The molecule has 0 aliphatic rings. The maximum atomic E-state index is 12.5. The van der Waals surface area contributed by atoms with Crippen LogP contribution in [0.2, 0.25) is 0 Å². The number of hydrogen-bond acceptors (Lipinski definition) is 6. The van der Waals surface area contributed by atoms with Gasteiger partial charge in [0.2, 0.25) is 0 Å². The van der Waals surface area contributed by atoms with Crippen LogP contribution in [0.1, 0.15) is 26.3 Å². The highest BCUT2D eigenvalue weighted by Gasteiger charge is 2.13. The van der Waals surface area contributed by atoms with Gasteiger partial charge in [-0.25, -0.2) is 10.2 Å². The third-order valence-electron chi connectivity index (χ3n) is 4.18. The number of nitrogens with one attached hydrogen (secondary N) is 1. The molecule has 158 valence electrons. The van der Waals surface area contributed by atoms with Crippen molar-refractivity contribution in [2.75, 3.05) is 14.2 Å². The molecular formula is C23H19IN2O5. The van der Waals surface area contributed by atoms with Gasteiger partial charge in [0.05, 0.1) is 26.0 Å². The number of halogens is 1. The van der Waals surface area contributed by atoms with Crippen LogP contribution in [0, 0.1) is 3.57 Å². The minimum Gasteiger partial charge on any atom is -0.497 e. The van der Waals surface area contributed by atoms with Crippen LogP contribution >= 0.6 is 22.6 Å². The molecular weight excluding hydrogens is 511 g/mol. The fraction of sp³-hybridized carbons (Fsp3) is 0.0870. The summed E-state index contributed by atoms with van der Waals surface area (Å²) in [5.74, 6) is 0.397. The monoisotopic (exact) mass is 530 g/mol. The third kappa shape index (κ3) is 6.05. The second kappa shape index (κ2) is 10.6. The summed E-state index contributed by atoms with van der Waals surface area (Å²) in [6.45, 7) is 0. The van der Waals surface area contributed by atoms with Crippen LogP contribution in [0.15, 0.2) is 71.8 Å². The van der Waals surface area contributed by atoms with Crippen LogP contribution < -0.4 is 19.6 Å². The van der Waals surface area contributed by atoms with E-state index in [4.69, 9.17) is 14.2 Å². The smallest absolute Gasteiger partial charge is 0.343 e. The van der Waals surface area contributed by atoms with Gasteiger partial charge >= 0.3 is 5.97 Å². The largest absolute Gasteiger partial charge is 0.497 e. The highest BCUT2D eigenvalue weighted by Crippen LogP contribution is 2.28. The highest BCUT2D eigenvalue weighted by molar-refractivity contribution is 14.1. The second-order valence-electron chi connectivity index (χ2n) is 6.24. The first kappa shape index (κ1) is 22.3. The van der Waals surface area contributed by atoms with E-state index < -0.39 is 5.97 Å². The van der Waals surface area contributed by atoms with E-state index in [0.29, 0.717) is 28.2 Å². The molecule has 31 heavy (non-hydrogen) atoms. The van der Waals surface area contributed by atoms with Crippen molar-refractivity contribution in [3.8, 4) is 17.2 Å². The van der Waals surface area contributed by atoms with E-state index in [1.54, 1.807) is 67.8 Å². The zero-order valence-electron chi connectivity index (χ0n) is 16.8. The van der Waals surface area contributed by atoms with Gasteiger partial charge in [0, 0.05) is 9.13 Å². The zero-order valence-corrected chi connectivity index (χ0v) is 19.0. The van der Waals surface area contributed by atoms with E-state index in [1.165, 1.54) is 13.3 Å². The first-order valence-electron chi connectivity index (χ1n) is 9.13. The lowest BCUT2D eigenvalue weighted by atomic mass is 10.2. The number of methoxy groups -OCH3 is 2. The van der Waals surface area contributed by atoms with Gasteiger partial charge in [-0.2, -0.15) is 5.10 Å². The summed E-state index contributed by atoms with van der Waals surface area (Å²) >= 11 is 2.14. The quantitative estimate of drug-likeness (QED) is 0.162. The van der Waals surface area contributed by atoms with Crippen molar-refractivity contribution < 1.29 is 23.8 Å². The molecule has 0 bridgehead atoms. The first-order chi connectivity index (χ1) is 15.0. The zero-order chi connectivity index (χ0) is 22.2. The summed E-state index contributed by atoms with van der Waals surface area (Å²) in [4.78, 5) is 24.6. The molecule has 0 saturated heterocycles. The molecule has 0 aliphatic carbocycles. The lowest BCUT2D eigenvalue weighted by molar-refractivity contribution is 0.0729. The molecule has 3 aromatic rings. The summed E-state index contributed by atoms with van der Waals surface area (Å²) < 4.78 is 16.8. The number of carbonyl (C=O) groups is 2. The SMILES string of the molecule is COc1ccc(C(=O)Oc2cc(/C=N\NC(=O)c3cccc(I)c3)ccc2OC)cc1. The number of amides is 1. The van der Waals surface area contributed by atoms with Crippen molar-refractivity contribution >= 4 is 40.7 Å². The molecule has 0 unspecified atom stereocenters. The van der Waals surface area contributed by atoms with Gasteiger partial charge in [-0.1, -0.05) is 6.07 Å². The van der Waals surface area contributed by atoms with Crippen molar-refractivity contribution in [2.24, 2.45) is 5.10 Å². The number of nitrogens with zero attached hydrogens (tertiary/aromatic N) is 1. The van der Waals surface area contributed by atoms with Crippen molar-refractivity contribution in [3.05, 3.63) is 87.0 Å². The van der Waals surface area contributed by atoms with Gasteiger partial charge in [-0.15, -0.1) is 0 Å². The van der Waals surface area contributed by atoms with E-state index in [0.717, 1.165) is 3.57 Å². The number of benzene rings is 3. The average molecular weight is 530 g/mol. The Balaban J connectivity index is 1.71. The number of esters is 1. The molecule has 8 heteroatoms. The minimum atomic E-state index is -0.540. The second-order valence-corrected chi connectivity index (χ2v) is 7.48. The predicted molar refractivity (Wildman–Crippen MR) is 125 cm³/mol. The van der Waals surface area contributed by atoms with Crippen LogP contribution in [-0.4, -0.2) is 32.3 Å². The molecule has 3 rings (SSSR count). The van der Waals surface area contributed by atoms with Crippen molar-refractivity contribution in [1.82, 2.24) is 5.43 Å². The van der Waals surface area contributed by atoms with Gasteiger partial charge in [-0.3, -0.25) is 4.79 Å². The number of hydrazone groups is 1. The summed E-state index contributed by atoms with van der Waals surface area (Å²) in [5, 5.41) is 3.98. The van der Waals surface area contributed by atoms with Crippen molar-refractivity contribution in [1.29, 1.82) is 0 Å². The number of rotatable bonds is 7. The maximum Gasteiger partial charge on any atom is 0.343 e. The van der Waals surface area contributed by atoms with Crippen LogP contribution in [0.3, 0.4) is 0 Å². The fourth-order valence-corrected chi connectivity index (χ4v) is 3.14. The predicted octanol–water partition coefficient (Wildman–Crippen LogP) is 4.29. The van der Waals surface area contributed by atoms with Gasteiger partial charge in [0.15, 0.2) is 11.5 Å². The van der Waals surface area contributed by atoms with E-state index in [1.807, 2.05) is 6.07 Å². The Morgan fingerprint density at radius 1 is 0.903 bits per heavy atom. The molecule has 1 N–H and O–H groups in total. The summed E-state index contributed by atoms with van der Waals surface area (Å²) in [6.07, 6.45) is 1.45. The molecule has 0 fully saturated rings. The Bertz CT molecular complexity index is 1110. The van der Waals surface area contributed by atoms with E-state index in [-0.39, 0.29) is 11.7 Å². The summed E-state index contributed by atoms with van der Waals surface area (Å²) in [7, 11) is 3.03. The Hall–Kier alpha value is -3.40. The van der Waals surface area contributed by atoms with Crippen LogP contribution in [0.25, 0.3) is 0 Å². The van der Waals surface area contributed by atoms with Crippen LogP contribution in [0.4, 0.5) is 0 Å². The van der Waals surface area contributed by atoms with E-state index in [9.17, 15) is 9.59 Å². The standard InChI is InChI=1S/C23H19IN2O5/c1-29-19-9-7-16(8-10-19)23(28)31-21-12-15(6-11-20(21)30-2)14-25-26-22(27)17-4-3-5-18(24)13-17/h3-14H,1-2H3,(H,26,27)/b25-14-. The lowest BCUT2D eigenvalue weighted by Gasteiger charge is -2.10. The minimum absolute atomic E-state index is 0.233. The van der Waals surface area contributed by atoms with Gasteiger partial charge < -0.3 is 14.2 Å². The summed E-state index contributed by atoms with van der Waals surface area (Å²) in [5.41, 5.74) is 3.96. The van der Waals surface area contributed by atoms with Crippen molar-refractivity contribution in [3.63, 3.8) is 0 Å². The topological polar surface area (TPSA) is 86.2 Å². The van der Waals surface area contributed by atoms with Gasteiger partial charge in [-0.05, 0) is 88.8 Å². The Labute approximate surface area is 193 Å². The summed E-state index contributed by atoms with van der Waals surface area (Å²) in [6, 6.07) is 18.7. The molecule has 7 nitrogen and oxygen atoms in total. The Morgan fingerprint density at radius 3 is 2.35 bits per heavy atom. The fourth-order valence-electron chi connectivity index (χ4n) is 2.60. The lowest BCUT2D eigenvalue weighted by Crippen LogP contribution is -2.17. The first-order valence-corrected chi connectivity index (χ1v) is 10.2. The molecule has 0 spiro atoms. The molecule has 0 aliphatic heterocycles. The molecule has 1 amide bonds. The number of carbonyl (C=O) groups excluding carboxylic acids is 2. The molecule has 3 aromatic carbocycles. The third-order valence-corrected chi connectivity index (χ3v) is 4.85. The maximum absolute atomic E-state index is 12.5. The van der Waals surface area contributed by atoms with Crippen molar-refractivity contribution in [2.45, 2.75) is 0 Å². The normalized spacial score (nSPS) is 10.5. The molecule has 0 radical (unpaired) electrons. The van der Waals surface area contributed by atoms with Crippen LogP contribution in [-0.2, 0) is 0 Å². The highest BCUT2D eigenvalue weighted by atomic mass is 127. The number of ether oxygens (including phenoxy) is 3. The number of hydrogen-bond donors (Lipinski definition) is 1. The van der Waals surface area contributed by atoms with E-state index in [2.05, 4.69) is 33.1 Å². The van der Waals surface area contributed by atoms with Gasteiger partial charge in [0.1, 0.15) is 5.75 Å². The molecule has 0 saturated carbocycles. The van der Waals surface area contributed by atoms with Crippen LogP contribution in [0.5, 0.6) is 17.2 Å². The van der Waals surface area contributed by atoms with E-state index >= 15 is 0 Å². The molecule has 0 atom stereocenters. The molecule has 0 heterocycles. The molecule has 0 aromatic heterocycles. The van der Waals surface area contributed by atoms with Gasteiger partial charge in [0.25, 0.3) is 5.91 Å². The average Bonchev–Trinajstić information content (AvgIpc) is 2.79. The Morgan fingerprint density at radius 2 is 1.68 bits per heavy atom. The Kier molecular flexibility index (Phi) is 7.60.